The van der Waals surface area contributed by atoms with E-state index in [9.17, 15) is 27.5 Å². The van der Waals surface area contributed by atoms with Crippen LogP contribution >= 0.6 is 0 Å². The molecule has 0 aliphatic carbocycles. The Kier molecular flexibility index (Phi) is 6.99. The predicted octanol–water partition coefficient (Wildman–Crippen LogP) is 4.67. The Labute approximate surface area is 203 Å². The van der Waals surface area contributed by atoms with Crippen molar-refractivity contribution >= 4 is 5.91 Å². The summed E-state index contributed by atoms with van der Waals surface area (Å²) in [6, 6.07) is 6.75. The highest BCUT2D eigenvalue weighted by molar-refractivity contribution is 5.81. The van der Waals surface area contributed by atoms with Crippen LogP contribution in [0.15, 0.2) is 36.4 Å². The molecule has 4 rings (SSSR count). The fraction of sp³-hybridized carbons (Fsp3) is 0.519. The third-order valence-corrected chi connectivity index (χ3v) is 7.92. The van der Waals surface area contributed by atoms with Gasteiger partial charge in [0.1, 0.15) is 28.9 Å². The van der Waals surface area contributed by atoms with E-state index in [0.29, 0.717) is 18.7 Å². The Morgan fingerprint density at radius 2 is 1.49 bits per heavy atom. The molecule has 0 spiro atoms. The van der Waals surface area contributed by atoms with Gasteiger partial charge in [0, 0.05) is 67.7 Å². The van der Waals surface area contributed by atoms with Crippen LogP contribution in [0.2, 0.25) is 0 Å². The number of hydrogen-bond acceptors (Lipinski definition) is 3. The van der Waals surface area contributed by atoms with Gasteiger partial charge >= 0.3 is 0 Å². The molecule has 4 nitrogen and oxygen atoms in total. The summed E-state index contributed by atoms with van der Waals surface area (Å²) < 4.78 is 56.3. The molecule has 2 aliphatic heterocycles. The average molecular weight is 493 g/mol. The maximum Gasteiger partial charge on any atom is 0.227 e. The van der Waals surface area contributed by atoms with Gasteiger partial charge in [-0.1, -0.05) is 26.0 Å². The summed E-state index contributed by atoms with van der Waals surface area (Å²) in [6.07, 6.45) is 0. The molecule has 2 aromatic carbocycles. The van der Waals surface area contributed by atoms with Crippen molar-refractivity contribution < 1.29 is 27.5 Å². The van der Waals surface area contributed by atoms with Gasteiger partial charge < -0.3 is 10.0 Å². The first-order valence-corrected chi connectivity index (χ1v) is 12.1. The number of halogens is 4. The highest BCUT2D eigenvalue weighted by atomic mass is 19.1. The maximum atomic E-state index is 14.7. The first kappa shape index (κ1) is 25.6. The van der Waals surface area contributed by atoms with E-state index in [1.807, 2.05) is 13.8 Å². The Hall–Kier alpha value is -2.45. The van der Waals surface area contributed by atoms with Crippen LogP contribution < -0.4 is 0 Å². The average Bonchev–Trinajstić information content (AvgIpc) is 3.22. The molecule has 0 bridgehead atoms. The van der Waals surface area contributed by atoms with Crippen LogP contribution in [-0.4, -0.2) is 53.0 Å². The van der Waals surface area contributed by atoms with Gasteiger partial charge in [-0.15, -0.1) is 0 Å². The summed E-state index contributed by atoms with van der Waals surface area (Å²) in [4.78, 5) is 17.5. The van der Waals surface area contributed by atoms with Crippen LogP contribution in [0.3, 0.4) is 0 Å². The van der Waals surface area contributed by atoms with Crippen molar-refractivity contribution in [1.29, 1.82) is 0 Å². The number of nitrogens with zero attached hydrogens (tertiary/aromatic N) is 2. The SMILES string of the molecule is CC(C)N1C[C@@H](C(=O)N2CC(C)C(O)(c3ccc(F)cc3F)C(C)C2)[C@H](c2ccc(F)cc2F)C1. The molecular formula is C27H32F4N2O2. The molecule has 4 atom stereocenters. The van der Waals surface area contributed by atoms with E-state index in [2.05, 4.69) is 4.90 Å². The zero-order valence-electron chi connectivity index (χ0n) is 20.4. The van der Waals surface area contributed by atoms with Gasteiger partial charge in [0.05, 0.1) is 5.92 Å². The molecule has 1 amide bonds. The van der Waals surface area contributed by atoms with Crippen molar-refractivity contribution in [3.63, 3.8) is 0 Å². The van der Waals surface area contributed by atoms with Crippen LogP contribution in [0.4, 0.5) is 17.6 Å². The maximum absolute atomic E-state index is 14.7. The lowest BCUT2D eigenvalue weighted by Gasteiger charge is -2.48. The minimum Gasteiger partial charge on any atom is -0.384 e. The van der Waals surface area contributed by atoms with Gasteiger partial charge in [0.15, 0.2) is 0 Å². The Morgan fingerprint density at radius 3 is 2.03 bits per heavy atom. The van der Waals surface area contributed by atoms with Crippen molar-refractivity contribution in [3.05, 3.63) is 70.8 Å². The molecule has 0 aromatic heterocycles. The van der Waals surface area contributed by atoms with Crippen molar-refractivity contribution in [2.45, 2.75) is 45.3 Å². The number of rotatable bonds is 4. The van der Waals surface area contributed by atoms with Crippen LogP contribution in [0, 0.1) is 41.0 Å². The molecular weight excluding hydrogens is 460 g/mol. The first-order valence-electron chi connectivity index (χ1n) is 12.1. The van der Waals surface area contributed by atoms with Crippen LogP contribution in [0.1, 0.15) is 44.7 Å². The quantitative estimate of drug-likeness (QED) is 0.631. The van der Waals surface area contributed by atoms with Crippen LogP contribution in [0.5, 0.6) is 0 Å². The van der Waals surface area contributed by atoms with Gasteiger partial charge in [-0.05, 0) is 31.5 Å². The molecule has 1 N–H and O–H groups in total. The largest absolute Gasteiger partial charge is 0.384 e. The number of benzene rings is 2. The monoisotopic (exact) mass is 492 g/mol. The molecule has 2 saturated heterocycles. The van der Waals surface area contributed by atoms with E-state index in [-0.39, 0.29) is 30.6 Å². The van der Waals surface area contributed by atoms with Crippen molar-refractivity contribution in [3.8, 4) is 0 Å². The third-order valence-electron chi connectivity index (χ3n) is 7.92. The molecule has 0 saturated carbocycles. The molecule has 190 valence electrons. The van der Waals surface area contributed by atoms with Gasteiger partial charge in [0.25, 0.3) is 0 Å². The molecule has 2 fully saturated rings. The topological polar surface area (TPSA) is 43.8 Å². The van der Waals surface area contributed by atoms with E-state index >= 15 is 0 Å². The summed E-state index contributed by atoms with van der Waals surface area (Å²) in [7, 11) is 0. The highest BCUT2D eigenvalue weighted by Gasteiger charge is 2.50. The molecule has 0 radical (unpaired) electrons. The van der Waals surface area contributed by atoms with Gasteiger partial charge in [-0.2, -0.15) is 0 Å². The summed E-state index contributed by atoms with van der Waals surface area (Å²) in [5, 5.41) is 11.5. The number of carbonyl (C=O) groups is 1. The minimum absolute atomic E-state index is 0.0177. The second-order valence-corrected chi connectivity index (χ2v) is 10.4. The van der Waals surface area contributed by atoms with E-state index in [0.717, 1.165) is 18.2 Å². The highest BCUT2D eigenvalue weighted by Crippen LogP contribution is 2.44. The van der Waals surface area contributed by atoms with E-state index in [1.165, 1.54) is 18.2 Å². The number of likely N-dealkylation sites (tertiary alicyclic amines) is 2. The zero-order chi connectivity index (χ0) is 25.7. The first-order chi connectivity index (χ1) is 16.4. The lowest BCUT2D eigenvalue weighted by atomic mass is 9.70. The molecule has 8 heteroatoms. The third kappa shape index (κ3) is 4.58. The van der Waals surface area contributed by atoms with Crippen molar-refractivity contribution in [2.75, 3.05) is 26.2 Å². The Balaban J connectivity index is 1.60. The zero-order valence-corrected chi connectivity index (χ0v) is 20.4. The Bertz CT molecular complexity index is 1100. The lowest BCUT2D eigenvalue weighted by molar-refractivity contribution is -0.153. The molecule has 2 aromatic rings. The van der Waals surface area contributed by atoms with E-state index < -0.39 is 52.5 Å². The molecule has 2 unspecified atom stereocenters. The lowest BCUT2D eigenvalue weighted by Crippen LogP contribution is -2.57. The molecule has 2 aliphatic rings. The van der Waals surface area contributed by atoms with Crippen LogP contribution in [0.25, 0.3) is 0 Å². The fourth-order valence-corrected chi connectivity index (χ4v) is 5.88. The summed E-state index contributed by atoms with van der Waals surface area (Å²) in [5.74, 6) is -5.07. The van der Waals surface area contributed by atoms with Crippen molar-refractivity contribution in [1.82, 2.24) is 9.80 Å². The van der Waals surface area contributed by atoms with Gasteiger partial charge in [-0.3, -0.25) is 9.69 Å². The molecule has 35 heavy (non-hydrogen) atoms. The standard InChI is InChI=1S/C27H32F4N2O2/c1-15(2)32-13-21(20-7-5-18(28)9-24(20)30)22(14-32)26(34)33-11-16(3)27(35,17(4)12-33)23-8-6-19(29)10-25(23)31/h5-10,15-17,21-22,35H,11-14H2,1-4H3/t16?,17?,21-,22+,27?/m0/s1. The summed E-state index contributed by atoms with van der Waals surface area (Å²) in [6.45, 7) is 8.76. The number of amides is 1. The van der Waals surface area contributed by atoms with Crippen LogP contribution in [-0.2, 0) is 10.4 Å². The fourth-order valence-electron chi connectivity index (χ4n) is 5.88. The second-order valence-electron chi connectivity index (χ2n) is 10.4. The number of aliphatic hydroxyl groups is 1. The van der Waals surface area contributed by atoms with E-state index in [4.69, 9.17) is 0 Å². The summed E-state index contributed by atoms with van der Waals surface area (Å²) >= 11 is 0. The second kappa shape index (κ2) is 9.54. The predicted molar refractivity (Wildman–Crippen MR) is 124 cm³/mol. The summed E-state index contributed by atoms with van der Waals surface area (Å²) in [5.41, 5.74) is -1.24. The Morgan fingerprint density at radius 1 is 0.914 bits per heavy atom. The number of carbonyl (C=O) groups excluding carboxylic acids is 1. The molecule has 2 heterocycles. The smallest absolute Gasteiger partial charge is 0.227 e. The van der Waals surface area contributed by atoms with E-state index in [1.54, 1.807) is 18.7 Å². The van der Waals surface area contributed by atoms with Gasteiger partial charge in [-0.25, -0.2) is 17.6 Å². The van der Waals surface area contributed by atoms with Crippen molar-refractivity contribution in [2.24, 2.45) is 17.8 Å². The minimum atomic E-state index is -1.57. The number of hydrogen-bond donors (Lipinski definition) is 1. The van der Waals surface area contributed by atoms with Gasteiger partial charge in [0.2, 0.25) is 5.91 Å². The normalized spacial score (nSPS) is 29.7. The number of piperidine rings is 1.